The maximum absolute atomic E-state index is 5.29. The lowest BCUT2D eigenvalue weighted by Crippen LogP contribution is -1.97. The zero-order valence-electron chi connectivity index (χ0n) is 3.83. The van der Waals surface area contributed by atoms with Crippen molar-refractivity contribution in [1.82, 2.24) is 0 Å². The highest BCUT2D eigenvalue weighted by molar-refractivity contribution is 6.59. The van der Waals surface area contributed by atoms with Crippen LogP contribution in [0.5, 0.6) is 0 Å². The molecular formula is C3H5Cl4N. The SMILES string of the molecule is Cl.NCC(Cl)=C(Cl)Cl. The van der Waals surface area contributed by atoms with Gasteiger partial charge in [0.2, 0.25) is 0 Å². The van der Waals surface area contributed by atoms with Crippen molar-refractivity contribution in [3.8, 4) is 0 Å². The van der Waals surface area contributed by atoms with Crippen molar-refractivity contribution in [3.05, 3.63) is 9.52 Å². The predicted octanol–water partition coefficient (Wildman–Crippen LogP) is 2.25. The second-order valence-corrected chi connectivity index (χ2v) is 2.28. The minimum atomic E-state index is 0. The van der Waals surface area contributed by atoms with Crippen molar-refractivity contribution in [2.45, 2.75) is 0 Å². The van der Waals surface area contributed by atoms with Crippen LogP contribution in [0.1, 0.15) is 0 Å². The quantitative estimate of drug-likeness (QED) is 0.685. The fourth-order valence-electron chi connectivity index (χ4n) is 0.0772. The van der Waals surface area contributed by atoms with Crippen molar-refractivity contribution in [3.63, 3.8) is 0 Å². The van der Waals surface area contributed by atoms with Gasteiger partial charge in [-0.2, -0.15) is 0 Å². The maximum atomic E-state index is 5.29. The number of hydrogen-bond donors (Lipinski definition) is 1. The van der Waals surface area contributed by atoms with Crippen LogP contribution in [0.2, 0.25) is 0 Å². The smallest absolute Gasteiger partial charge is 0.122 e. The van der Waals surface area contributed by atoms with Crippen molar-refractivity contribution in [2.75, 3.05) is 6.54 Å². The molecule has 1 nitrogen and oxygen atoms in total. The third kappa shape index (κ3) is 5.01. The Morgan fingerprint density at radius 1 is 1.25 bits per heavy atom. The predicted molar refractivity (Wildman–Crippen MR) is 40.9 cm³/mol. The van der Waals surface area contributed by atoms with E-state index in [-0.39, 0.29) is 23.4 Å². The first-order chi connectivity index (χ1) is 3.18. The van der Waals surface area contributed by atoms with Crippen LogP contribution >= 0.6 is 47.2 Å². The molecular weight excluding hydrogens is 192 g/mol. The van der Waals surface area contributed by atoms with Crippen LogP contribution < -0.4 is 5.73 Å². The number of rotatable bonds is 1. The summed E-state index contributed by atoms with van der Waals surface area (Å²) < 4.78 is 0.0455. The summed E-state index contributed by atoms with van der Waals surface area (Å²) in [5.41, 5.74) is 5.01. The Labute approximate surface area is 69.2 Å². The minimum Gasteiger partial charge on any atom is -0.326 e. The summed E-state index contributed by atoms with van der Waals surface area (Å²) >= 11 is 15.6. The van der Waals surface area contributed by atoms with E-state index in [0.29, 0.717) is 5.03 Å². The highest BCUT2D eigenvalue weighted by Crippen LogP contribution is 2.15. The molecule has 0 aromatic carbocycles. The molecule has 0 spiro atoms. The summed E-state index contributed by atoms with van der Waals surface area (Å²) in [5.74, 6) is 0. The van der Waals surface area contributed by atoms with Gasteiger partial charge in [-0.05, 0) is 0 Å². The number of hydrogen-bond acceptors (Lipinski definition) is 1. The van der Waals surface area contributed by atoms with Gasteiger partial charge in [-0.1, -0.05) is 34.8 Å². The van der Waals surface area contributed by atoms with Gasteiger partial charge in [0.15, 0.2) is 0 Å². The summed E-state index contributed by atoms with van der Waals surface area (Å²) in [6, 6.07) is 0. The third-order valence-electron chi connectivity index (χ3n) is 0.384. The van der Waals surface area contributed by atoms with Crippen LogP contribution in [-0.4, -0.2) is 6.54 Å². The second-order valence-electron chi connectivity index (χ2n) is 0.869. The lowest BCUT2D eigenvalue weighted by atomic mass is 10.6. The Morgan fingerprint density at radius 2 is 1.62 bits per heavy atom. The summed E-state index contributed by atoms with van der Waals surface area (Å²) in [5, 5.41) is 0.295. The van der Waals surface area contributed by atoms with Crippen molar-refractivity contribution >= 4 is 47.2 Å². The summed E-state index contributed by atoms with van der Waals surface area (Å²) in [6.45, 7) is 0.198. The minimum absolute atomic E-state index is 0. The van der Waals surface area contributed by atoms with Gasteiger partial charge >= 0.3 is 0 Å². The highest BCUT2D eigenvalue weighted by Gasteiger charge is 1.91. The summed E-state index contributed by atoms with van der Waals surface area (Å²) in [4.78, 5) is 0. The van der Waals surface area contributed by atoms with Gasteiger partial charge in [0, 0.05) is 6.54 Å². The third-order valence-corrected chi connectivity index (χ3v) is 1.38. The van der Waals surface area contributed by atoms with E-state index in [1.165, 1.54) is 0 Å². The lowest BCUT2D eigenvalue weighted by Gasteiger charge is -1.87. The first kappa shape index (κ1) is 11.6. The monoisotopic (exact) mass is 195 g/mol. The van der Waals surface area contributed by atoms with Gasteiger partial charge in [0.25, 0.3) is 0 Å². The zero-order chi connectivity index (χ0) is 5.86. The molecule has 0 radical (unpaired) electrons. The van der Waals surface area contributed by atoms with E-state index < -0.39 is 0 Å². The van der Waals surface area contributed by atoms with Gasteiger partial charge in [-0.15, -0.1) is 12.4 Å². The van der Waals surface area contributed by atoms with Crippen LogP contribution in [0.15, 0.2) is 9.52 Å². The molecule has 0 atom stereocenters. The Balaban J connectivity index is 0. The average Bonchev–Trinajstić information content (AvgIpc) is 1.65. The lowest BCUT2D eigenvalue weighted by molar-refractivity contribution is 1.23. The first-order valence-corrected chi connectivity index (χ1v) is 2.71. The Morgan fingerprint density at radius 3 is 1.62 bits per heavy atom. The first-order valence-electron chi connectivity index (χ1n) is 1.58. The summed E-state index contributed by atoms with van der Waals surface area (Å²) in [7, 11) is 0. The maximum Gasteiger partial charge on any atom is 0.122 e. The Bertz CT molecular complexity index is 85.3. The molecule has 0 saturated heterocycles. The van der Waals surface area contributed by atoms with Crippen molar-refractivity contribution < 1.29 is 0 Å². The molecule has 8 heavy (non-hydrogen) atoms. The molecule has 0 aliphatic carbocycles. The molecule has 0 unspecified atom stereocenters. The zero-order valence-corrected chi connectivity index (χ0v) is 6.91. The van der Waals surface area contributed by atoms with E-state index in [9.17, 15) is 0 Å². The van der Waals surface area contributed by atoms with Crippen LogP contribution in [0.4, 0.5) is 0 Å². The van der Waals surface area contributed by atoms with Crippen LogP contribution in [-0.2, 0) is 0 Å². The molecule has 5 heteroatoms. The Kier molecular flexibility index (Phi) is 8.70. The molecule has 0 bridgehead atoms. The van der Waals surface area contributed by atoms with Crippen LogP contribution in [0.3, 0.4) is 0 Å². The van der Waals surface area contributed by atoms with E-state index in [1.54, 1.807) is 0 Å². The fourth-order valence-corrected chi connectivity index (χ4v) is 0.231. The van der Waals surface area contributed by atoms with Crippen LogP contribution in [0, 0.1) is 0 Å². The van der Waals surface area contributed by atoms with E-state index in [2.05, 4.69) is 0 Å². The normalized spacial score (nSPS) is 7.50. The van der Waals surface area contributed by atoms with E-state index in [4.69, 9.17) is 40.5 Å². The number of halogens is 4. The molecule has 0 aromatic rings. The summed E-state index contributed by atoms with van der Waals surface area (Å²) in [6.07, 6.45) is 0. The Hall–Kier alpha value is 0.860. The molecule has 0 aliphatic rings. The molecule has 0 amide bonds. The standard InChI is InChI=1S/C3H4Cl3N.ClH/c4-2(1-7)3(5)6;/h1,7H2;1H. The fraction of sp³-hybridized carbons (Fsp3) is 0.333. The largest absolute Gasteiger partial charge is 0.326 e. The molecule has 0 aliphatic heterocycles. The highest BCUT2D eigenvalue weighted by atomic mass is 35.5. The van der Waals surface area contributed by atoms with Crippen molar-refractivity contribution in [1.29, 1.82) is 0 Å². The molecule has 0 aromatic heterocycles. The topological polar surface area (TPSA) is 26.0 Å². The van der Waals surface area contributed by atoms with Crippen LogP contribution in [0.25, 0.3) is 0 Å². The molecule has 0 rings (SSSR count). The molecule has 50 valence electrons. The van der Waals surface area contributed by atoms with E-state index >= 15 is 0 Å². The van der Waals surface area contributed by atoms with Crippen molar-refractivity contribution in [2.24, 2.45) is 5.73 Å². The molecule has 0 saturated carbocycles. The van der Waals surface area contributed by atoms with E-state index in [0.717, 1.165) is 0 Å². The second kappa shape index (κ2) is 5.99. The average molecular weight is 197 g/mol. The molecule has 2 N–H and O–H groups in total. The molecule has 0 heterocycles. The molecule has 0 fully saturated rings. The van der Waals surface area contributed by atoms with Gasteiger partial charge in [0.1, 0.15) is 4.49 Å². The van der Waals surface area contributed by atoms with Gasteiger partial charge in [0.05, 0.1) is 5.03 Å². The number of nitrogens with two attached hydrogens (primary N) is 1. The van der Waals surface area contributed by atoms with Gasteiger partial charge in [-0.25, -0.2) is 0 Å². The van der Waals surface area contributed by atoms with Gasteiger partial charge in [-0.3, -0.25) is 0 Å². The van der Waals surface area contributed by atoms with Gasteiger partial charge < -0.3 is 5.73 Å². The van der Waals surface area contributed by atoms with E-state index in [1.807, 2.05) is 0 Å².